The van der Waals surface area contributed by atoms with E-state index >= 15 is 0 Å². The van der Waals surface area contributed by atoms with Crippen molar-refractivity contribution < 1.29 is 18.7 Å². The molecule has 1 aromatic heterocycles. The molecule has 0 spiro atoms. The fraction of sp³-hybridized carbons (Fsp3) is 0.304. The van der Waals surface area contributed by atoms with Gasteiger partial charge in [0.1, 0.15) is 5.58 Å². The summed E-state index contributed by atoms with van der Waals surface area (Å²) in [4.78, 5) is 27.7. The molecule has 6 heteroatoms. The van der Waals surface area contributed by atoms with Crippen LogP contribution in [0.3, 0.4) is 0 Å². The minimum absolute atomic E-state index is 0.0571. The number of hydrogen-bond acceptors (Lipinski definition) is 5. The molecule has 29 heavy (non-hydrogen) atoms. The maximum Gasteiger partial charge on any atom is 0.263 e. The standard InChI is InChI=1S/C23H23NO5/c1-15-7-9-17(10-8-15)21-22(20(25)18-5-3-4-6-19(18)29-21)28-16(2)23(26)24-11-13-27-14-12-24/h3-10,16H,11-14H2,1-2H3. The van der Waals surface area contributed by atoms with E-state index in [-0.39, 0.29) is 17.1 Å². The largest absolute Gasteiger partial charge is 0.473 e. The number of hydrogen-bond donors (Lipinski definition) is 0. The molecule has 0 bridgehead atoms. The summed E-state index contributed by atoms with van der Waals surface area (Å²) in [7, 11) is 0. The van der Waals surface area contributed by atoms with E-state index in [1.165, 1.54) is 0 Å². The summed E-state index contributed by atoms with van der Waals surface area (Å²) >= 11 is 0. The Kier molecular flexibility index (Phi) is 5.36. The Labute approximate surface area is 168 Å². The maximum absolute atomic E-state index is 13.2. The molecule has 0 saturated carbocycles. The van der Waals surface area contributed by atoms with E-state index in [4.69, 9.17) is 13.9 Å². The number of carbonyl (C=O) groups is 1. The van der Waals surface area contributed by atoms with Crippen molar-refractivity contribution in [3.63, 3.8) is 0 Å². The van der Waals surface area contributed by atoms with Gasteiger partial charge in [-0.3, -0.25) is 9.59 Å². The van der Waals surface area contributed by atoms with Gasteiger partial charge in [-0.2, -0.15) is 0 Å². The summed E-state index contributed by atoms with van der Waals surface area (Å²) in [6.45, 7) is 5.69. The van der Waals surface area contributed by atoms with Gasteiger partial charge in [0.15, 0.2) is 11.9 Å². The van der Waals surface area contributed by atoms with Crippen molar-refractivity contribution in [2.24, 2.45) is 0 Å². The lowest BCUT2D eigenvalue weighted by molar-refractivity contribution is -0.142. The zero-order valence-electron chi connectivity index (χ0n) is 16.5. The molecule has 0 aliphatic carbocycles. The summed E-state index contributed by atoms with van der Waals surface area (Å²) in [5.41, 5.74) is 2.01. The van der Waals surface area contributed by atoms with Gasteiger partial charge in [-0.1, -0.05) is 42.0 Å². The van der Waals surface area contributed by atoms with Crippen LogP contribution in [-0.4, -0.2) is 43.2 Å². The molecule has 3 aromatic rings. The molecule has 1 unspecified atom stereocenters. The van der Waals surface area contributed by atoms with Crippen molar-refractivity contribution in [1.29, 1.82) is 0 Å². The highest BCUT2D eigenvalue weighted by atomic mass is 16.5. The number of carbonyl (C=O) groups excluding carboxylic acids is 1. The molecule has 0 N–H and O–H groups in total. The Hall–Kier alpha value is -3.12. The molecule has 6 nitrogen and oxygen atoms in total. The van der Waals surface area contributed by atoms with Crippen molar-refractivity contribution in [3.8, 4) is 17.1 Å². The second kappa shape index (κ2) is 8.09. The third kappa shape index (κ3) is 3.89. The van der Waals surface area contributed by atoms with Crippen LogP contribution in [0.2, 0.25) is 0 Å². The number of nitrogens with zero attached hydrogens (tertiary/aromatic N) is 1. The van der Waals surface area contributed by atoms with E-state index in [1.807, 2.05) is 37.3 Å². The van der Waals surface area contributed by atoms with Gasteiger partial charge in [0, 0.05) is 18.7 Å². The number of para-hydroxylation sites is 1. The van der Waals surface area contributed by atoms with E-state index < -0.39 is 6.10 Å². The molecule has 1 amide bonds. The Morgan fingerprint density at radius 3 is 2.48 bits per heavy atom. The fourth-order valence-corrected chi connectivity index (χ4v) is 3.39. The first-order chi connectivity index (χ1) is 14.0. The van der Waals surface area contributed by atoms with E-state index in [2.05, 4.69) is 0 Å². The fourth-order valence-electron chi connectivity index (χ4n) is 3.39. The zero-order chi connectivity index (χ0) is 20.4. The van der Waals surface area contributed by atoms with Crippen LogP contribution >= 0.6 is 0 Å². The first-order valence-electron chi connectivity index (χ1n) is 9.70. The highest BCUT2D eigenvalue weighted by Gasteiger charge is 2.27. The molecule has 1 aliphatic rings. The third-order valence-electron chi connectivity index (χ3n) is 5.04. The summed E-state index contributed by atoms with van der Waals surface area (Å²) in [5, 5.41) is 0.421. The monoisotopic (exact) mass is 393 g/mol. The van der Waals surface area contributed by atoms with Crippen molar-refractivity contribution >= 4 is 16.9 Å². The van der Waals surface area contributed by atoms with Crippen LogP contribution in [0, 0.1) is 6.92 Å². The van der Waals surface area contributed by atoms with Crippen LogP contribution < -0.4 is 10.2 Å². The number of aryl methyl sites for hydroxylation is 1. The molecule has 4 rings (SSSR count). The van der Waals surface area contributed by atoms with Crippen LogP contribution in [0.15, 0.2) is 57.7 Å². The Balaban J connectivity index is 1.76. The lowest BCUT2D eigenvalue weighted by Gasteiger charge is -2.29. The van der Waals surface area contributed by atoms with Gasteiger partial charge < -0.3 is 18.8 Å². The first-order valence-corrected chi connectivity index (χ1v) is 9.70. The Bertz CT molecular complexity index is 1080. The first kappa shape index (κ1) is 19.2. The smallest absolute Gasteiger partial charge is 0.263 e. The normalized spacial score (nSPS) is 15.3. The van der Waals surface area contributed by atoms with E-state index in [0.29, 0.717) is 43.0 Å². The van der Waals surface area contributed by atoms with Crippen LogP contribution in [-0.2, 0) is 9.53 Å². The van der Waals surface area contributed by atoms with Gasteiger partial charge >= 0.3 is 0 Å². The molecule has 2 aromatic carbocycles. The number of fused-ring (bicyclic) bond motifs is 1. The maximum atomic E-state index is 13.2. The quantitative estimate of drug-likeness (QED) is 0.680. The Morgan fingerprint density at radius 2 is 1.76 bits per heavy atom. The summed E-state index contributed by atoms with van der Waals surface area (Å²) in [5.74, 6) is 0.215. The number of benzene rings is 2. The summed E-state index contributed by atoms with van der Waals surface area (Å²) in [6, 6.07) is 14.7. The highest BCUT2D eigenvalue weighted by Crippen LogP contribution is 2.31. The highest BCUT2D eigenvalue weighted by molar-refractivity contribution is 5.84. The average molecular weight is 393 g/mol. The van der Waals surface area contributed by atoms with E-state index in [1.54, 1.807) is 30.0 Å². The van der Waals surface area contributed by atoms with Crippen LogP contribution in [0.25, 0.3) is 22.3 Å². The second-order valence-electron chi connectivity index (χ2n) is 7.15. The molecule has 0 radical (unpaired) electrons. The topological polar surface area (TPSA) is 69.0 Å². The zero-order valence-corrected chi connectivity index (χ0v) is 16.5. The van der Waals surface area contributed by atoms with Crippen LogP contribution in [0.1, 0.15) is 12.5 Å². The summed E-state index contributed by atoms with van der Waals surface area (Å²) < 4.78 is 17.3. The molecular formula is C23H23NO5. The predicted molar refractivity (Wildman–Crippen MR) is 110 cm³/mol. The molecule has 2 heterocycles. The molecular weight excluding hydrogens is 370 g/mol. The van der Waals surface area contributed by atoms with Gasteiger partial charge in [-0.15, -0.1) is 0 Å². The molecule has 150 valence electrons. The van der Waals surface area contributed by atoms with Gasteiger partial charge in [0.25, 0.3) is 5.91 Å². The number of ether oxygens (including phenoxy) is 2. The van der Waals surface area contributed by atoms with Crippen molar-refractivity contribution in [2.75, 3.05) is 26.3 Å². The van der Waals surface area contributed by atoms with E-state index in [9.17, 15) is 9.59 Å². The molecule has 1 fully saturated rings. The second-order valence-corrected chi connectivity index (χ2v) is 7.15. The van der Waals surface area contributed by atoms with Crippen molar-refractivity contribution in [2.45, 2.75) is 20.0 Å². The van der Waals surface area contributed by atoms with Crippen LogP contribution in [0.4, 0.5) is 0 Å². The minimum atomic E-state index is -0.818. The van der Waals surface area contributed by atoms with Gasteiger partial charge in [-0.05, 0) is 26.0 Å². The van der Waals surface area contributed by atoms with Gasteiger partial charge in [0.05, 0.1) is 18.6 Å². The van der Waals surface area contributed by atoms with Crippen molar-refractivity contribution in [1.82, 2.24) is 4.90 Å². The molecule has 1 saturated heterocycles. The van der Waals surface area contributed by atoms with Gasteiger partial charge in [0.2, 0.25) is 11.2 Å². The number of amides is 1. The third-order valence-corrected chi connectivity index (χ3v) is 5.04. The van der Waals surface area contributed by atoms with Crippen molar-refractivity contribution in [3.05, 3.63) is 64.3 Å². The lowest BCUT2D eigenvalue weighted by Crippen LogP contribution is -2.46. The molecule has 1 atom stereocenters. The predicted octanol–water partition coefficient (Wildman–Crippen LogP) is 3.39. The summed E-state index contributed by atoms with van der Waals surface area (Å²) in [6.07, 6.45) is -0.818. The lowest BCUT2D eigenvalue weighted by atomic mass is 10.1. The average Bonchev–Trinajstić information content (AvgIpc) is 2.76. The molecule has 1 aliphatic heterocycles. The SMILES string of the molecule is Cc1ccc(-c2oc3ccccc3c(=O)c2OC(C)C(=O)N2CCOCC2)cc1. The minimum Gasteiger partial charge on any atom is -0.473 e. The van der Waals surface area contributed by atoms with Crippen LogP contribution in [0.5, 0.6) is 5.75 Å². The number of rotatable bonds is 4. The van der Waals surface area contributed by atoms with E-state index in [0.717, 1.165) is 11.1 Å². The van der Waals surface area contributed by atoms with Gasteiger partial charge in [-0.25, -0.2) is 0 Å². The Morgan fingerprint density at radius 1 is 1.07 bits per heavy atom. The number of morpholine rings is 1.